The fraction of sp³-hybridized carbons (Fsp3) is 0.200. The van der Waals surface area contributed by atoms with Crippen molar-refractivity contribution >= 4 is 16.8 Å². The third-order valence-corrected chi connectivity index (χ3v) is 4.17. The van der Waals surface area contributed by atoms with Crippen LogP contribution in [0, 0.1) is 20.8 Å². The van der Waals surface area contributed by atoms with Crippen molar-refractivity contribution in [1.82, 2.24) is 10.3 Å². The fourth-order valence-electron chi connectivity index (χ4n) is 2.72. The van der Waals surface area contributed by atoms with Crippen molar-refractivity contribution in [3.63, 3.8) is 0 Å². The number of amides is 1. The number of aryl methyl sites for hydroxylation is 3. The van der Waals surface area contributed by atoms with E-state index in [-0.39, 0.29) is 5.91 Å². The monoisotopic (exact) mass is 304 g/mol. The van der Waals surface area contributed by atoms with Crippen LogP contribution in [0.15, 0.2) is 48.5 Å². The van der Waals surface area contributed by atoms with Crippen LogP contribution in [0.25, 0.3) is 10.9 Å². The average Bonchev–Trinajstić information content (AvgIpc) is 2.56. The van der Waals surface area contributed by atoms with E-state index >= 15 is 0 Å². The van der Waals surface area contributed by atoms with E-state index in [2.05, 4.69) is 24.1 Å². The highest BCUT2D eigenvalue weighted by Gasteiger charge is 2.13. The van der Waals surface area contributed by atoms with Crippen molar-refractivity contribution in [2.45, 2.75) is 27.3 Å². The molecule has 3 heteroatoms. The van der Waals surface area contributed by atoms with E-state index in [0.717, 1.165) is 27.7 Å². The molecule has 23 heavy (non-hydrogen) atoms. The lowest BCUT2D eigenvalue weighted by Gasteiger charge is -2.12. The number of rotatable bonds is 3. The molecule has 0 atom stereocenters. The van der Waals surface area contributed by atoms with Crippen LogP contribution < -0.4 is 5.32 Å². The molecule has 0 aliphatic rings. The largest absolute Gasteiger partial charge is 0.348 e. The molecule has 1 heterocycles. The van der Waals surface area contributed by atoms with E-state index in [9.17, 15) is 4.79 Å². The molecular formula is C20H20N2O. The van der Waals surface area contributed by atoms with E-state index in [1.165, 1.54) is 5.56 Å². The first-order chi connectivity index (χ1) is 11.1. The summed E-state index contributed by atoms with van der Waals surface area (Å²) < 4.78 is 0. The van der Waals surface area contributed by atoms with Crippen LogP contribution >= 0.6 is 0 Å². The molecule has 0 saturated heterocycles. The van der Waals surface area contributed by atoms with Gasteiger partial charge in [-0.1, -0.05) is 42.5 Å². The number of benzene rings is 2. The Hall–Kier alpha value is -2.68. The van der Waals surface area contributed by atoms with E-state index in [0.29, 0.717) is 12.1 Å². The quantitative estimate of drug-likeness (QED) is 0.792. The Balaban J connectivity index is 1.95. The van der Waals surface area contributed by atoms with Crippen molar-refractivity contribution < 1.29 is 4.79 Å². The maximum Gasteiger partial charge on any atom is 0.252 e. The van der Waals surface area contributed by atoms with Gasteiger partial charge in [-0.3, -0.25) is 9.78 Å². The van der Waals surface area contributed by atoms with Gasteiger partial charge in [-0.05, 0) is 43.5 Å². The summed E-state index contributed by atoms with van der Waals surface area (Å²) in [5.74, 6) is -0.0624. The van der Waals surface area contributed by atoms with E-state index in [4.69, 9.17) is 0 Å². The van der Waals surface area contributed by atoms with Gasteiger partial charge < -0.3 is 5.32 Å². The highest BCUT2D eigenvalue weighted by molar-refractivity contribution is 6.07. The summed E-state index contributed by atoms with van der Waals surface area (Å²) in [6.07, 6.45) is 0. The smallest absolute Gasteiger partial charge is 0.252 e. The van der Waals surface area contributed by atoms with Crippen LogP contribution in [0.3, 0.4) is 0 Å². The van der Waals surface area contributed by atoms with Crippen molar-refractivity contribution in [3.8, 4) is 0 Å². The highest BCUT2D eigenvalue weighted by Crippen LogP contribution is 2.24. The Labute approximate surface area is 136 Å². The van der Waals surface area contributed by atoms with Crippen LogP contribution in [-0.2, 0) is 6.54 Å². The molecule has 1 N–H and O–H groups in total. The first-order valence-corrected chi connectivity index (χ1v) is 7.76. The number of pyridine rings is 1. The fourth-order valence-corrected chi connectivity index (χ4v) is 2.72. The Morgan fingerprint density at radius 3 is 2.52 bits per heavy atom. The van der Waals surface area contributed by atoms with Crippen molar-refractivity contribution in [2.75, 3.05) is 0 Å². The van der Waals surface area contributed by atoms with Crippen molar-refractivity contribution in [2.24, 2.45) is 0 Å². The Bertz CT molecular complexity index is 870. The minimum atomic E-state index is -0.0624. The summed E-state index contributed by atoms with van der Waals surface area (Å²) in [6, 6.07) is 15.8. The minimum absolute atomic E-state index is 0.0624. The summed E-state index contributed by atoms with van der Waals surface area (Å²) in [7, 11) is 0. The number of carbonyl (C=O) groups excluding carboxylic acids is 1. The normalized spacial score (nSPS) is 10.7. The minimum Gasteiger partial charge on any atom is -0.348 e. The molecule has 0 radical (unpaired) electrons. The van der Waals surface area contributed by atoms with Gasteiger partial charge >= 0.3 is 0 Å². The lowest BCUT2D eigenvalue weighted by molar-refractivity contribution is 0.0952. The second kappa shape index (κ2) is 6.21. The third-order valence-electron chi connectivity index (χ3n) is 4.17. The second-order valence-electron chi connectivity index (χ2n) is 5.88. The topological polar surface area (TPSA) is 42.0 Å². The molecule has 0 unspecified atom stereocenters. The second-order valence-corrected chi connectivity index (χ2v) is 5.88. The van der Waals surface area contributed by atoms with Gasteiger partial charge in [-0.25, -0.2) is 0 Å². The number of nitrogens with one attached hydrogen (secondary N) is 1. The SMILES string of the molecule is Cc1cc(C(=O)NCc2ccccc2)c2ccc(C)c(C)c2n1. The van der Waals surface area contributed by atoms with Gasteiger partial charge in [0, 0.05) is 17.6 Å². The molecule has 0 fully saturated rings. The average molecular weight is 304 g/mol. The zero-order valence-corrected chi connectivity index (χ0v) is 13.7. The molecule has 2 aromatic carbocycles. The number of nitrogens with zero attached hydrogens (tertiary/aromatic N) is 1. The Morgan fingerprint density at radius 2 is 1.78 bits per heavy atom. The molecule has 0 saturated carbocycles. The molecule has 3 aromatic rings. The standard InChI is InChI=1S/C20H20N2O/c1-13-9-10-17-18(11-14(2)22-19(17)15(13)3)20(23)21-12-16-7-5-4-6-8-16/h4-11H,12H2,1-3H3,(H,21,23). The molecular weight excluding hydrogens is 284 g/mol. The number of hydrogen-bond donors (Lipinski definition) is 1. The van der Waals surface area contributed by atoms with Gasteiger partial charge in [-0.15, -0.1) is 0 Å². The molecule has 116 valence electrons. The van der Waals surface area contributed by atoms with Gasteiger partial charge in [0.15, 0.2) is 0 Å². The summed E-state index contributed by atoms with van der Waals surface area (Å²) in [5.41, 5.74) is 5.86. The van der Waals surface area contributed by atoms with Crippen LogP contribution in [0.4, 0.5) is 0 Å². The Kier molecular flexibility index (Phi) is 4.11. The van der Waals surface area contributed by atoms with Crippen LogP contribution in [0.2, 0.25) is 0 Å². The summed E-state index contributed by atoms with van der Waals surface area (Å²) in [4.78, 5) is 17.3. The van der Waals surface area contributed by atoms with Crippen molar-refractivity contribution in [3.05, 3.63) is 76.5 Å². The molecule has 0 aliphatic heterocycles. The molecule has 0 bridgehead atoms. The number of hydrogen-bond acceptors (Lipinski definition) is 2. The predicted molar refractivity (Wildman–Crippen MR) is 93.6 cm³/mol. The zero-order chi connectivity index (χ0) is 16.4. The van der Waals surface area contributed by atoms with E-state index in [1.807, 2.05) is 55.5 Å². The van der Waals surface area contributed by atoms with Gasteiger partial charge in [-0.2, -0.15) is 0 Å². The molecule has 0 aliphatic carbocycles. The lowest BCUT2D eigenvalue weighted by Crippen LogP contribution is -2.23. The van der Waals surface area contributed by atoms with Crippen LogP contribution in [-0.4, -0.2) is 10.9 Å². The number of fused-ring (bicyclic) bond motifs is 1. The lowest BCUT2D eigenvalue weighted by atomic mass is 10.0. The van der Waals surface area contributed by atoms with Crippen LogP contribution in [0.5, 0.6) is 0 Å². The van der Waals surface area contributed by atoms with Crippen LogP contribution in [0.1, 0.15) is 32.7 Å². The predicted octanol–water partition coefficient (Wildman–Crippen LogP) is 4.09. The van der Waals surface area contributed by atoms with Crippen molar-refractivity contribution in [1.29, 1.82) is 0 Å². The summed E-state index contributed by atoms with van der Waals surface area (Å²) >= 11 is 0. The maximum atomic E-state index is 12.6. The molecule has 1 amide bonds. The van der Waals surface area contributed by atoms with Gasteiger partial charge in [0.2, 0.25) is 0 Å². The molecule has 0 spiro atoms. The molecule has 3 rings (SSSR count). The zero-order valence-electron chi connectivity index (χ0n) is 13.7. The number of carbonyl (C=O) groups is 1. The first-order valence-electron chi connectivity index (χ1n) is 7.76. The summed E-state index contributed by atoms with van der Waals surface area (Å²) in [5, 5.41) is 3.91. The van der Waals surface area contributed by atoms with Gasteiger partial charge in [0.1, 0.15) is 0 Å². The van der Waals surface area contributed by atoms with Gasteiger partial charge in [0.05, 0.1) is 11.1 Å². The molecule has 3 nitrogen and oxygen atoms in total. The third kappa shape index (κ3) is 3.09. The Morgan fingerprint density at radius 1 is 1.04 bits per heavy atom. The van der Waals surface area contributed by atoms with Gasteiger partial charge in [0.25, 0.3) is 5.91 Å². The highest BCUT2D eigenvalue weighted by atomic mass is 16.1. The molecule has 1 aromatic heterocycles. The van der Waals surface area contributed by atoms with E-state index in [1.54, 1.807) is 0 Å². The maximum absolute atomic E-state index is 12.6. The first kappa shape index (κ1) is 15.2. The summed E-state index contributed by atoms with van der Waals surface area (Å²) in [6.45, 7) is 6.56. The van der Waals surface area contributed by atoms with E-state index < -0.39 is 0 Å². The number of aromatic nitrogens is 1.